The third-order valence-electron chi connectivity index (χ3n) is 3.79. The first-order chi connectivity index (χ1) is 9.08. The second kappa shape index (κ2) is 6.53. The molecule has 1 aliphatic heterocycles. The summed E-state index contributed by atoms with van der Waals surface area (Å²) in [5.41, 5.74) is 1.08. The summed E-state index contributed by atoms with van der Waals surface area (Å²) in [6.07, 6.45) is 2.27. The summed E-state index contributed by atoms with van der Waals surface area (Å²) in [5.74, 6) is 1.03. The van der Waals surface area contributed by atoms with Crippen LogP contribution in [-0.2, 0) is 0 Å². The molecule has 0 spiro atoms. The van der Waals surface area contributed by atoms with Gasteiger partial charge in [-0.1, -0.05) is 24.6 Å². The van der Waals surface area contributed by atoms with Crippen molar-refractivity contribution in [1.82, 2.24) is 5.32 Å². The van der Waals surface area contributed by atoms with Gasteiger partial charge in [0, 0.05) is 0 Å². The second-order valence-corrected chi connectivity index (χ2v) is 5.35. The van der Waals surface area contributed by atoms with Crippen LogP contribution in [0.5, 0.6) is 5.75 Å². The van der Waals surface area contributed by atoms with Gasteiger partial charge in [-0.3, -0.25) is 0 Å². The molecule has 2 rings (SSSR count). The molecule has 2 nitrogen and oxygen atoms in total. The molecule has 1 aliphatic rings. The Hall–Kier alpha value is -0.870. The van der Waals surface area contributed by atoms with Crippen molar-refractivity contribution in [1.29, 1.82) is 0 Å². The van der Waals surface area contributed by atoms with Crippen LogP contribution in [0.2, 0.25) is 5.02 Å². The van der Waals surface area contributed by atoms with E-state index < -0.39 is 6.61 Å². The summed E-state index contributed by atoms with van der Waals surface area (Å²) < 4.78 is 28.7. The first kappa shape index (κ1) is 14.5. The lowest BCUT2D eigenvalue weighted by Gasteiger charge is -2.28. The van der Waals surface area contributed by atoms with Gasteiger partial charge in [-0.05, 0) is 55.5 Å². The summed E-state index contributed by atoms with van der Waals surface area (Å²) in [6, 6.07) is 5.10. The molecular weight excluding hydrogens is 272 g/mol. The van der Waals surface area contributed by atoms with Crippen LogP contribution in [0.4, 0.5) is 8.78 Å². The maximum atomic E-state index is 12.2. The lowest BCUT2D eigenvalue weighted by molar-refractivity contribution is -0.0497. The maximum Gasteiger partial charge on any atom is 0.387 e. The minimum atomic E-state index is -2.84. The molecular formula is C14H18ClF2NO. The molecule has 1 N–H and O–H groups in total. The van der Waals surface area contributed by atoms with Crippen LogP contribution in [0.25, 0.3) is 0 Å². The number of hydrogen-bond donors (Lipinski definition) is 1. The normalized spacial score (nSPS) is 18.6. The zero-order valence-electron chi connectivity index (χ0n) is 10.8. The Labute approximate surface area is 117 Å². The Morgan fingerprint density at radius 1 is 1.32 bits per heavy atom. The molecule has 0 bridgehead atoms. The number of piperidine rings is 1. The van der Waals surface area contributed by atoms with E-state index in [1.807, 2.05) is 6.07 Å². The summed E-state index contributed by atoms with van der Waals surface area (Å²) >= 11 is 5.99. The highest BCUT2D eigenvalue weighted by atomic mass is 35.5. The summed E-state index contributed by atoms with van der Waals surface area (Å²) in [6.45, 7) is 1.39. The molecule has 0 radical (unpaired) electrons. The van der Waals surface area contributed by atoms with Gasteiger partial charge in [0.2, 0.25) is 0 Å². The van der Waals surface area contributed by atoms with Gasteiger partial charge < -0.3 is 10.1 Å². The van der Waals surface area contributed by atoms with E-state index in [2.05, 4.69) is 17.0 Å². The van der Waals surface area contributed by atoms with Crippen molar-refractivity contribution in [3.8, 4) is 5.75 Å². The van der Waals surface area contributed by atoms with E-state index in [0.29, 0.717) is 11.8 Å². The van der Waals surface area contributed by atoms with Gasteiger partial charge in [-0.25, -0.2) is 0 Å². The van der Waals surface area contributed by atoms with E-state index in [1.54, 1.807) is 6.07 Å². The third kappa shape index (κ3) is 3.80. The van der Waals surface area contributed by atoms with Gasteiger partial charge in [0.25, 0.3) is 0 Å². The topological polar surface area (TPSA) is 21.3 Å². The second-order valence-electron chi connectivity index (χ2n) is 4.94. The Balaban J connectivity index is 2.09. The summed E-state index contributed by atoms with van der Waals surface area (Å²) in [5, 5.41) is 3.58. The molecule has 0 aliphatic carbocycles. The predicted molar refractivity (Wildman–Crippen MR) is 72.1 cm³/mol. The van der Waals surface area contributed by atoms with Crippen molar-refractivity contribution in [2.24, 2.45) is 5.92 Å². The zero-order valence-corrected chi connectivity index (χ0v) is 11.6. The average molecular weight is 290 g/mol. The Morgan fingerprint density at radius 3 is 2.58 bits per heavy atom. The van der Waals surface area contributed by atoms with Crippen LogP contribution in [0.15, 0.2) is 18.2 Å². The van der Waals surface area contributed by atoms with E-state index in [4.69, 9.17) is 11.6 Å². The molecule has 5 heteroatoms. The monoisotopic (exact) mass is 289 g/mol. The van der Waals surface area contributed by atoms with Gasteiger partial charge in [-0.15, -0.1) is 0 Å². The SMILES string of the molecule is CC(c1ccc(OC(F)F)c(Cl)c1)C1CCNCC1. The zero-order chi connectivity index (χ0) is 13.8. The van der Waals surface area contributed by atoms with Gasteiger partial charge in [0.15, 0.2) is 0 Å². The number of nitrogens with one attached hydrogen (secondary N) is 1. The van der Waals surface area contributed by atoms with Gasteiger partial charge in [0.05, 0.1) is 5.02 Å². The highest BCUT2D eigenvalue weighted by Crippen LogP contribution is 2.35. The van der Waals surface area contributed by atoms with Crippen molar-refractivity contribution in [2.45, 2.75) is 32.3 Å². The van der Waals surface area contributed by atoms with Gasteiger partial charge in [0.1, 0.15) is 5.75 Å². The number of ether oxygens (including phenoxy) is 1. The third-order valence-corrected chi connectivity index (χ3v) is 4.08. The maximum absolute atomic E-state index is 12.2. The molecule has 1 heterocycles. The van der Waals surface area contributed by atoms with Crippen LogP contribution in [-0.4, -0.2) is 19.7 Å². The van der Waals surface area contributed by atoms with Crippen molar-refractivity contribution < 1.29 is 13.5 Å². The molecule has 0 saturated carbocycles. The smallest absolute Gasteiger partial charge is 0.387 e. The summed E-state index contributed by atoms with van der Waals surface area (Å²) in [4.78, 5) is 0. The molecule has 1 saturated heterocycles. The molecule has 1 fully saturated rings. The molecule has 0 amide bonds. The van der Waals surface area contributed by atoms with Crippen LogP contribution in [0.3, 0.4) is 0 Å². The first-order valence-electron chi connectivity index (χ1n) is 6.53. The molecule has 0 aromatic heterocycles. The highest BCUT2D eigenvalue weighted by Gasteiger charge is 2.22. The standard InChI is InChI=1S/C14H18ClF2NO/c1-9(10-4-6-18-7-5-10)11-2-3-13(12(15)8-11)19-14(16)17/h2-3,8-10,14,18H,4-7H2,1H3. The van der Waals surface area contributed by atoms with Crippen LogP contribution in [0, 0.1) is 5.92 Å². The Bertz CT molecular complexity index is 422. The van der Waals surface area contributed by atoms with E-state index in [9.17, 15) is 8.78 Å². The van der Waals surface area contributed by atoms with E-state index >= 15 is 0 Å². The number of hydrogen-bond acceptors (Lipinski definition) is 2. The molecule has 1 aromatic carbocycles. The van der Waals surface area contributed by atoms with Crippen molar-refractivity contribution >= 4 is 11.6 Å². The minimum Gasteiger partial charge on any atom is -0.433 e. The molecule has 1 atom stereocenters. The van der Waals surface area contributed by atoms with Crippen molar-refractivity contribution in [2.75, 3.05) is 13.1 Å². The fraction of sp³-hybridized carbons (Fsp3) is 0.571. The lowest BCUT2D eigenvalue weighted by Crippen LogP contribution is -2.30. The van der Waals surface area contributed by atoms with E-state index in [0.717, 1.165) is 31.5 Å². The van der Waals surface area contributed by atoms with Crippen molar-refractivity contribution in [3.05, 3.63) is 28.8 Å². The number of halogens is 3. The van der Waals surface area contributed by atoms with Crippen LogP contribution >= 0.6 is 11.6 Å². The number of benzene rings is 1. The molecule has 1 aromatic rings. The number of alkyl halides is 2. The average Bonchev–Trinajstić information content (AvgIpc) is 2.41. The predicted octanol–water partition coefficient (Wildman–Crippen LogP) is 4.04. The minimum absolute atomic E-state index is 0.0397. The van der Waals surface area contributed by atoms with E-state index in [-0.39, 0.29) is 10.8 Å². The molecule has 19 heavy (non-hydrogen) atoms. The quantitative estimate of drug-likeness (QED) is 0.903. The van der Waals surface area contributed by atoms with E-state index in [1.165, 1.54) is 6.07 Å². The molecule has 106 valence electrons. The lowest BCUT2D eigenvalue weighted by atomic mass is 9.82. The van der Waals surface area contributed by atoms with Gasteiger partial charge >= 0.3 is 6.61 Å². The molecule has 1 unspecified atom stereocenters. The fourth-order valence-electron chi connectivity index (χ4n) is 2.61. The van der Waals surface area contributed by atoms with Crippen molar-refractivity contribution in [3.63, 3.8) is 0 Å². The highest BCUT2D eigenvalue weighted by molar-refractivity contribution is 6.32. The fourth-order valence-corrected chi connectivity index (χ4v) is 2.84. The largest absolute Gasteiger partial charge is 0.433 e. The Kier molecular flexibility index (Phi) is 4.99. The van der Waals surface area contributed by atoms with Crippen LogP contribution < -0.4 is 10.1 Å². The van der Waals surface area contributed by atoms with Gasteiger partial charge in [-0.2, -0.15) is 8.78 Å². The number of rotatable bonds is 4. The van der Waals surface area contributed by atoms with Crippen LogP contribution in [0.1, 0.15) is 31.2 Å². The first-order valence-corrected chi connectivity index (χ1v) is 6.90. The Morgan fingerprint density at radius 2 is 2.00 bits per heavy atom. The summed E-state index contributed by atoms with van der Waals surface area (Å²) in [7, 11) is 0.